The standard InChI is InChI=1S/C21H18N4O2S/c1-13-6-8-14(9-7-13)19-24-23-18(27-19)12-28-21-22-17-5-3-2-4-16(17)20(26)25(21)15-10-11-15/h2-9,15H,10-12H2,1H3. The zero-order valence-corrected chi connectivity index (χ0v) is 16.1. The number of rotatable bonds is 5. The van der Waals surface area contributed by atoms with E-state index in [9.17, 15) is 4.79 Å². The molecular weight excluding hydrogens is 372 g/mol. The van der Waals surface area contributed by atoms with E-state index in [1.807, 2.05) is 60.0 Å². The van der Waals surface area contributed by atoms with Gasteiger partial charge in [0, 0.05) is 11.6 Å². The molecule has 0 saturated heterocycles. The zero-order chi connectivity index (χ0) is 19.1. The Kier molecular flexibility index (Phi) is 4.24. The third-order valence-corrected chi connectivity index (χ3v) is 5.72. The summed E-state index contributed by atoms with van der Waals surface area (Å²) >= 11 is 1.46. The van der Waals surface area contributed by atoms with Gasteiger partial charge in [0.05, 0.1) is 16.7 Å². The van der Waals surface area contributed by atoms with Crippen molar-refractivity contribution in [3.8, 4) is 11.5 Å². The highest BCUT2D eigenvalue weighted by Gasteiger charge is 2.28. The largest absolute Gasteiger partial charge is 0.420 e. The summed E-state index contributed by atoms with van der Waals surface area (Å²) < 4.78 is 7.63. The summed E-state index contributed by atoms with van der Waals surface area (Å²) in [5.41, 5.74) is 2.83. The maximum Gasteiger partial charge on any atom is 0.262 e. The van der Waals surface area contributed by atoms with E-state index in [-0.39, 0.29) is 11.6 Å². The Balaban J connectivity index is 1.43. The minimum absolute atomic E-state index is 0.0291. The molecule has 2 aromatic heterocycles. The lowest BCUT2D eigenvalue weighted by atomic mass is 10.1. The highest BCUT2D eigenvalue weighted by atomic mass is 32.2. The van der Waals surface area contributed by atoms with Crippen LogP contribution in [-0.2, 0) is 5.75 Å². The fourth-order valence-electron chi connectivity index (χ4n) is 3.13. The minimum atomic E-state index is 0.0291. The second-order valence-corrected chi connectivity index (χ2v) is 7.92. The van der Waals surface area contributed by atoms with E-state index >= 15 is 0 Å². The van der Waals surface area contributed by atoms with Gasteiger partial charge >= 0.3 is 0 Å². The van der Waals surface area contributed by atoms with Gasteiger partial charge in [0.15, 0.2) is 5.16 Å². The van der Waals surface area contributed by atoms with Gasteiger partial charge in [-0.15, -0.1) is 10.2 Å². The van der Waals surface area contributed by atoms with E-state index in [4.69, 9.17) is 9.40 Å². The Bertz CT molecular complexity index is 1210. The van der Waals surface area contributed by atoms with Crippen molar-refractivity contribution in [1.29, 1.82) is 0 Å². The average Bonchev–Trinajstić information content (AvgIpc) is 3.43. The fourth-order valence-corrected chi connectivity index (χ4v) is 4.04. The first-order chi connectivity index (χ1) is 13.7. The molecule has 0 amide bonds. The quantitative estimate of drug-likeness (QED) is 0.372. The average molecular weight is 390 g/mol. The van der Waals surface area contributed by atoms with Crippen molar-refractivity contribution in [2.24, 2.45) is 0 Å². The molecule has 5 rings (SSSR count). The number of thioether (sulfide) groups is 1. The number of fused-ring (bicyclic) bond motifs is 1. The van der Waals surface area contributed by atoms with E-state index in [0.717, 1.165) is 23.9 Å². The minimum Gasteiger partial charge on any atom is -0.420 e. The van der Waals surface area contributed by atoms with Crippen molar-refractivity contribution in [2.45, 2.75) is 36.7 Å². The van der Waals surface area contributed by atoms with Gasteiger partial charge in [-0.3, -0.25) is 9.36 Å². The maximum atomic E-state index is 12.9. The molecule has 140 valence electrons. The third kappa shape index (κ3) is 3.22. The van der Waals surface area contributed by atoms with Crippen molar-refractivity contribution < 1.29 is 4.42 Å². The second-order valence-electron chi connectivity index (χ2n) is 6.97. The number of para-hydroxylation sites is 1. The van der Waals surface area contributed by atoms with E-state index in [0.29, 0.717) is 28.1 Å². The van der Waals surface area contributed by atoms with Crippen LogP contribution in [0.3, 0.4) is 0 Å². The molecule has 0 N–H and O–H groups in total. The molecule has 0 bridgehead atoms. The lowest BCUT2D eigenvalue weighted by Crippen LogP contribution is -2.22. The number of benzene rings is 2. The Morgan fingerprint density at radius 1 is 1.11 bits per heavy atom. The molecule has 1 aliphatic rings. The molecule has 7 heteroatoms. The molecule has 1 aliphatic carbocycles. The Morgan fingerprint density at radius 3 is 2.68 bits per heavy atom. The van der Waals surface area contributed by atoms with Crippen molar-refractivity contribution in [3.05, 3.63) is 70.3 Å². The molecule has 2 aromatic carbocycles. The van der Waals surface area contributed by atoms with Crippen LogP contribution in [0.2, 0.25) is 0 Å². The molecule has 28 heavy (non-hydrogen) atoms. The highest BCUT2D eigenvalue weighted by molar-refractivity contribution is 7.98. The van der Waals surface area contributed by atoms with Gasteiger partial charge in [0.2, 0.25) is 11.8 Å². The van der Waals surface area contributed by atoms with Crippen LogP contribution in [0, 0.1) is 6.92 Å². The van der Waals surface area contributed by atoms with E-state index < -0.39 is 0 Å². The smallest absolute Gasteiger partial charge is 0.262 e. The van der Waals surface area contributed by atoms with Crippen LogP contribution >= 0.6 is 11.8 Å². The number of hydrogen-bond donors (Lipinski definition) is 0. The summed E-state index contributed by atoms with van der Waals surface area (Å²) in [7, 11) is 0. The first-order valence-corrected chi connectivity index (χ1v) is 10.2. The van der Waals surface area contributed by atoms with E-state index in [1.165, 1.54) is 17.3 Å². The molecule has 1 fully saturated rings. The summed E-state index contributed by atoms with van der Waals surface area (Å²) in [6, 6.07) is 15.7. The Morgan fingerprint density at radius 2 is 1.89 bits per heavy atom. The van der Waals surface area contributed by atoms with Crippen molar-refractivity contribution in [3.63, 3.8) is 0 Å². The van der Waals surface area contributed by atoms with Gasteiger partial charge in [0.25, 0.3) is 5.56 Å². The van der Waals surface area contributed by atoms with Gasteiger partial charge in [-0.05, 0) is 44.0 Å². The molecule has 0 unspecified atom stereocenters. The number of nitrogens with zero attached hydrogens (tertiary/aromatic N) is 4. The van der Waals surface area contributed by atoms with Gasteiger partial charge in [-0.2, -0.15) is 0 Å². The molecule has 0 radical (unpaired) electrons. The summed E-state index contributed by atoms with van der Waals surface area (Å²) in [6.45, 7) is 2.04. The lowest BCUT2D eigenvalue weighted by Gasteiger charge is -2.11. The Labute approximate surface area is 165 Å². The molecule has 4 aromatic rings. The fraction of sp³-hybridized carbons (Fsp3) is 0.238. The molecule has 1 saturated carbocycles. The number of aryl methyl sites for hydroxylation is 1. The third-order valence-electron chi connectivity index (χ3n) is 4.78. The summed E-state index contributed by atoms with van der Waals surface area (Å²) in [4.78, 5) is 17.6. The van der Waals surface area contributed by atoms with Gasteiger partial charge < -0.3 is 4.42 Å². The van der Waals surface area contributed by atoms with Crippen LogP contribution in [0.5, 0.6) is 0 Å². The summed E-state index contributed by atoms with van der Waals surface area (Å²) in [6.07, 6.45) is 2.04. The van der Waals surface area contributed by atoms with Crippen LogP contribution in [0.4, 0.5) is 0 Å². The SMILES string of the molecule is Cc1ccc(-c2nnc(CSc3nc4ccccc4c(=O)n3C3CC3)o2)cc1. The Hall–Kier alpha value is -2.93. The number of aromatic nitrogens is 4. The number of hydrogen-bond acceptors (Lipinski definition) is 6. The van der Waals surface area contributed by atoms with Crippen LogP contribution in [0.1, 0.15) is 30.3 Å². The molecular formula is C21H18N4O2S. The maximum absolute atomic E-state index is 12.9. The molecule has 2 heterocycles. The molecule has 0 atom stereocenters. The summed E-state index contributed by atoms with van der Waals surface area (Å²) in [5, 5.41) is 9.67. The molecule has 0 spiro atoms. The highest BCUT2D eigenvalue weighted by Crippen LogP contribution is 2.37. The van der Waals surface area contributed by atoms with Crippen LogP contribution in [0.15, 0.2) is 62.9 Å². The summed E-state index contributed by atoms with van der Waals surface area (Å²) in [5.74, 6) is 1.49. The van der Waals surface area contributed by atoms with Gasteiger partial charge in [-0.25, -0.2) is 4.98 Å². The van der Waals surface area contributed by atoms with Gasteiger partial charge in [0.1, 0.15) is 0 Å². The van der Waals surface area contributed by atoms with Crippen LogP contribution in [-0.4, -0.2) is 19.7 Å². The molecule has 6 nitrogen and oxygen atoms in total. The predicted octanol–water partition coefficient (Wildman–Crippen LogP) is 4.38. The van der Waals surface area contributed by atoms with E-state index in [2.05, 4.69) is 10.2 Å². The van der Waals surface area contributed by atoms with E-state index in [1.54, 1.807) is 0 Å². The molecule has 0 aliphatic heterocycles. The van der Waals surface area contributed by atoms with Crippen molar-refractivity contribution in [1.82, 2.24) is 19.7 Å². The first-order valence-electron chi connectivity index (χ1n) is 9.22. The van der Waals surface area contributed by atoms with Crippen LogP contribution in [0.25, 0.3) is 22.4 Å². The van der Waals surface area contributed by atoms with Crippen molar-refractivity contribution in [2.75, 3.05) is 0 Å². The lowest BCUT2D eigenvalue weighted by molar-refractivity contribution is 0.527. The van der Waals surface area contributed by atoms with Crippen LogP contribution < -0.4 is 5.56 Å². The monoisotopic (exact) mass is 390 g/mol. The normalized spacial score (nSPS) is 13.9. The predicted molar refractivity (Wildman–Crippen MR) is 108 cm³/mol. The van der Waals surface area contributed by atoms with Crippen molar-refractivity contribution >= 4 is 22.7 Å². The van der Waals surface area contributed by atoms with Gasteiger partial charge in [-0.1, -0.05) is 41.6 Å². The zero-order valence-electron chi connectivity index (χ0n) is 15.3. The second kappa shape index (κ2) is 6.91. The topological polar surface area (TPSA) is 73.8 Å². The first kappa shape index (κ1) is 17.2.